The van der Waals surface area contributed by atoms with E-state index >= 15 is 0 Å². The van der Waals surface area contributed by atoms with Crippen molar-refractivity contribution in [1.82, 2.24) is 15.2 Å². The van der Waals surface area contributed by atoms with Crippen molar-refractivity contribution in [3.8, 4) is 11.3 Å². The van der Waals surface area contributed by atoms with Crippen LogP contribution in [0.15, 0.2) is 52.3 Å². The third-order valence-electron chi connectivity index (χ3n) is 4.83. The van der Waals surface area contributed by atoms with Crippen molar-refractivity contribution in [3.63, 3.8) is 0 Å². The molecular weight excluding hydrogens is 388 g/mol. The molecule has 0 aliphatic carbocycles. The van der Waals surface area contributed by atoms with Crippen LogP contribution in [0.3, 0.4) is 0 Å². The minimum Gasteiger partial charge on any atom is -0.465 e. The number of amides is 2. The molecule has 1 atom stereocenters. The second kappa shape index (κ2) is 9.21. The highest BCUT2D eigenvalue weighted by atomic mass is 32.1. The fourth-order valence-electron chi connectivity index (χ4n) is 3.33. The smallest absolute Gasteiger partial charge is 0.321 e. The number of ether oxygens (including phenoxy) is 1. The Morgan fingerprint density at radius 3 is 2.72 bits per heavy atom. The molecule has 1 saturated heterocycles. The molecule has 2 amide bonds. The summed E-state index contributed by atoms with van der Waals surface area (Å²) < 4.78 is 11.3. The van der Waals surface area contributed by atoms with Crippen LogP contribution < -0.4 is 10.6 Å². The molecule has 1 unspecified atom stereocenters. The van der Waals surface area contributed by atoms with Gasteiger partial charge in [0.1, 0.15) is 11.5 Å². The van der Waals surface area contributed by atoms with Crippen molar-refractivity contribution in [2.24, 2.45) is 0 Å². The number of thiazole rings is 1. The number of hydrogen-bond acceptors (Lipinski definition) is 6. The molecule has 2 aromatic heterocycles. The van der Waals surface area contributed by atoms with E-state index in [0.717, 1.165) is 35.9 Å². The minimum atomic E-state index is -0.277. The summed E-state index contributed by atoms with van der Waals surface area (Å²) in [7, 11) is 0. The van der Waals surface area contributed by atoms with Crippen molar-refractivity contribution in [3.05, 3.63) is 59.4 Å². The summed E-state index contributed by atoms with van der Waals surface area (Å²) in [6.07, 6.45) is 0. The number of nitrogens with zero attached hydrogens (tertiary/aromatic N) is 2. The second-order valence-corrected chi connectivity index (χ2v) is 7.71. The third-order valence-corrected chi connectivity index (χ3v) is 5.58. The van der Waals surface area contributed by atoms with Gasteiger partial charge in [-0.3, -0.25) is 10.2 Å². The standard InChI is InChI=1S/C21H24N4O3S/c1-15-7-8-19(28-15)18(25-9-11-27-12-10-25)13-22-20(26)24-21-23-17(14-29-21)16-5-3-2-4-6-16/h2-8,14,18H,9-13H2,1H3,(H2,22,23,24,26). The van der Waals surface area contributed by atoms with Gasteiger partial charge >= 0.3 is 6.03 Å². The van der Waals surface area contributed by atoms with Crippen molar-refractivity contribution in [1.29, 1.82) is 0 Å². The minimum absolute atomic E-state index is 0.0328. The summed E-state index contributed by atoms with van der Waals surface area (Å²) in [4.78, 5) is 19.2. The van der Waals surface area contributed by atoms with E-state index in [1.165, 1.54) is 11.3 Å². The van der Waals surface area contributed by atoms with E-state index in [1.807, 2.05) is 54.8 Å². The molecule has 7 nitrogen and oxygen atoms in total. The molecule has 3 aromatic rings. The van der Waals surface area contributed by atoms with Crippen molar-refractivity contribution in [2.45, 2.75) is 13.0 Å². The lowest BCUT2D eigenvalue weighted by molar-refractivity contribution is 0.0122. The van der Waals surface area contributed by atoms with Gasteiger partial charge in [0.25, 0.3) is 0 Å². The van der Waals surface area contributed by atoms with Gasteiger partial charge in [-0.25, -0.2) is 9.78 Å². The quantitative estimate of drug-likeness (QED) is 0.642. The molecule has 2 N–H and O–H groups in total. The Kier molecular flexibility index (Phi) is 6.24. The number of benzene rings is 1. The van der Waals surface area contributed by atoms with Gasteiger partial charge in [-0.15, -0.1) is 11.3 Å². The maximum absolute atomic E-state index is 12.5. The Hall–Kier alpha value is -2.68. The lowest BCUT2D eigenvalue weighted by atomic mass is 10.1. The predicted octanol–water partition coefficient (Wildman–Crippen LogP) is 3.91. The zero-order valence-electron chi connectivity index (χ0n) is 16.3. The molecule has 1 aliphatic heterocycles. The molecule has 0 radical (unpaired) electrons. The van der Waals surface area contributed by atoms with Gasteiger partial charge in [0.05, 0.1) is 24.9 Å². The number of carbonyl (C=O) groups excluding carboxylic acids is 1. The third kappa shape index (κ3) is 5.03. The number of urea groups is 1. The molecule has 0 saturated carbocycles. The van der Waals surface area contributed by atoms with Crippen LogP contribution in [0.1, 0.15) is 17.6 Å². The first kappa shape index (κ1) is 19.6. The number of aryl methyl sites for hydroxylation is 1. The molecule has 3 heterocycles. The largest absolute Gasteiger partial charge is 0.465 e. The highest BCUT2D eigenvalue weighted by molar-refractivity contribution is 7.14. The monoisotopic (exact) mass is 412 g/mol. The molecule has 1 fully saturated rings. The van der Waals surface area contributed by atoms with Gasteiger partial charge in [0.15, 0.2) is 5.13 Å². The molecule has 152 valence electrons. The maximum atomic E-state index is 12.5. The summed E-state index contributed by atoms with van der Waals surface area (Å²) in [5.74, 6) is 1.71. The van der Waals surface area contributed by atoms with Crippen LogP contribution in [0.4, 0.5) is 9.93 Å². The van der Waals surface area contributed by atoms with Crippen LogP contribution in [0.2, 0.25) is 0 Å². The van der Waals surface area contributed by atoms with Crippen LogP contribution in [0, 0.1) is 6.92 Å². The first-order chi connectivity index (χ1) is 14.2. The molecule has 8 heteroatoms. The number of nitrogens with one attached hydrogen (secondary N) is 2. The Morgan fingerprint density at radius 2 is 2.00 bits per heavy atom. The van der Waals surface area contributed by atoms with E-state index in [2.05, 4.69) is 20.5 Å². The number of carbonyl (C=O) groups is 1. The second-order valence-electron chi connectivity index (χ2n) is 6.85. The van der Waals surface area contributed by atoms with E-state index in [4.69, 9.17) is 9.15 Å². The van der Waals surface area contributed by atoms with Gasteiger partial charge in [0.2, 0.25) is 0 Å². The summed E-state index contributed by atoms with van der Waals surface area (Å²) >= 11 is 1.41. The lowest BCUT2D eigenvalue weighted by Crippen LogP contribution is -2.44. The fraction of sp³-hybridized carbons (Fsp3) is 0.333. The molecular formula is C21H24N4O3S. The van der Waals surface area contributed by atoms with Gasteiger partial charge in [-0.05, 0) is 19.1 Å². The van der Waals surface area contributed by atoms with Crippen LogP contribution in [-0.4, -0.2) is 48.8 Å². The van der Waals surface area contributed by atoms with Crippen LogP contribution in [0.5, 0.6) is 0 Å². The Labute approximate surface area is 173 Å². The first-order valence-corrected chi connectivity index (χ1v) is 10.5. The number of furan rings is 1. The Balaban J connectivity index is 1.37. The van der Waals surface area contributed by atoms with Crippen LogP contribution in [0.25, 0.3) is 11.3 Å². The van der Waals surface area contributed by atoms with Gasteiger partial charge in [-0.2, -0.15) is 0 Å². The van der Waals surface area contributed by atoms with Gasteiger partial charge in [-0.1, -0.05) is 30.3 Å². The number of anilines is 1. The molecule has 1 aliphatic rings. The van der Waals surface area contributed by atoms with Crippen LogP contribution in [-0.2, 0) is 4.74 Å². The lowest BCUT2D eigenvalue weighted by Gasteiger charge is -2.33. The molecule has 4 rings (SSSR count). The average Bonchev–Trinajstić information content (AvgIpc) is 3.39. The summed E-state index contributed by atoms with van der Waals surface area (Å²) in [6.45, 7) is 5.34. The van der Waals surface area contributed by atoms with Gasteiger partial charge in [0, 0.05) is 30.6 Å². The molecule has 29 heavy (non-hydrogen) atoms. The van der Waals surface area contributed by atoms with Gasteiger partial charge < -0.3 is 14.5 Å². The number of morpholine rings is 1. The van der Waals surface area contributed by atoms with Crippen molar-refractivity contribution in [2.75, 3.05) is 38.2 Å². The molecule has 0 spiro atoms. The van der Waals surface area contributed by atoms with E-state index in [1.54, 1.807) is 0 Å². The SMILES string of the molecule is Cc1ccc(C(CNC(=O)Nc2nc(-c3ccccc3)cs2)N2CCOCC2)o1. The highest BCUT2D eigenvalue weighted by Crippen LogP contribution is 2.25. The number of aromatic nitrogens is 1. The molecule has 0 bridgehead atoms. The number of hydrogen-bond donors (Lipinski definition) is 2. The molecule has 1 aromatic carbocycles. The summed E-state index contributed by atoms with van der Waals surface area (Å²) in [6, 6.07) is 13.5. The number of rotatable bonds is 6. The average molecular weight is 413 g/mol. The normalized spacial score (nSPS) is 15.8. The zero-order chi connectivity index (χ0) is 20.1. The summed E-state index contributed by atoms with van der Waals surface area (Å²) in [5, 5.41) is 8.30. The fourth-order valence-corrected chi connectivity index (χ4v) is 4.05. The van der Waals surface area contributed by atoms with E-state index < -0.39 is 0 Å². The van der Waals surface area contributed by atoms with Crippen LogP contribution >= 0.6 is 11.3 Å². The first-order valence-electron chi connectivity index (χ1n) is 9.63. The van der Waals surface area contributed by atoms with Crippen molar-refractivity contribution < 1.29 is 13.9 Å². The van der Waals surface area contributed by atoms with E-state index in [-0.39, 0.29) is 12.1 Å². The van der Waals surface area contributed by atoms with E-state index in [9.17, 15) is 4.79 Å². The predicted molar refractivity (Wildman–Crippen MR) is 113 cm³/mol. The topological polar surface area (TPSA) is 79.6 Å². The van der Waals surface area contributed by atoms with E-state index in [0.29, 0.717) is 24.9 Å². The maximum Gasteiger partial charge on any atom is 0.321 e. The zero-order valence-corrected chi connectivity index (χ0v) is 17.1. The Morgan fingerprint density at radius 1 is 1.21 bits per heavy atom. The van der Waals surface area contributed by atoms with Crippen molar-refractivity contribution >= 4 is 22.5 Å². The highest BCUT2D eigenvalue weighted by Gasteiger charge is 2.25. The Bertz CT molecular complexity index is 934. The summed E-state index contributed by atoms with van der Waals surface area (Å²) in [5.41, 5.74) is 1.88.